The van der Waals surface area contributed by atoms with Gasteiger partial charge in [-0.3, -0.25) is 9.59 Å². The van der Waals surface area contributed by atoms with Gasteiger partial charge >= 0.3 is 0 Å². The molecule has 0 aromatic heterocycles. The predicted octanol–water partition coefficient (Wildman–Crippen LogP) is 2.54. The summed E-state index contributed by atoms with van der Waals surface area (Å²) in [6.45, 7) is 4.08. The second-order valence-electron chi connectivity index (χ2n) is 8.32. The first kappa shape index (κ1) is 23.5. The van der Waals surface area contributed by atoms with Crippen molar-refractivity contribution in [1.29, 1.82) is 0 Å². The van der Waals surface area contributed by atoms with Crippen molar-refractivity contribution in [3.8, 4) is 0 Å². The molecule has 2 N–H and O–H groups in total. The molecule has 7 nitrogen and oxygen atoms in total. The first-order chi connectivity index (χ1) is 15.8. The Labute approximate surface area is 198 Å². The van der Waals surface area contributed by atoms with Crippen molar-refractivity contribution in [3.63, 3.8) is 0 Å². The van der Waals surface area contributed by atoms with Gasteiger partial charge in [0.25, 0.3) is 0 Å². The number of carbonyl (C=O) groups excluding carboxylic acids is 2. The number of hydrogen-bond donors (Lipinski definition) is 2. The zero-order valence-corrected chi connectivity index (χ0v) is 19.7. The Morgan fingerprint density at radius 1 is 1.21 bits per heavy atom. The monoisotopic (exact) mass is 487 g/mol. The highest BCUT2D eigenvalue weighted by Crippen LogP contribution is 2.25. The van der Waals surface area contributed by atoms with Crippen molar-refractivity contribution in [2.75, 3.05) is 13.1 Å². The molecule has 1 saturated heterocycles. The van der Waals surface area contributed by atoms with Crippen molar-refractivity contribution in [2.45, 2.75) is 42.7 Å². The largest absolute Gasteiger partial charge is 0.353 e. The van der Waals surface area contributed by atoms with Gasteiger partial charge in [0.15, 0.2) is 0 Å². The lowest BCUT2D eigenvalue weighted by molar-refractivity contribution is -0.131. The van der Waals surface area contributed by atoms with Crippen molar-refractivity contribution in [2.24, 2.45) is 0 Å². The van der Waals surface area contributed by atoms with Crippen LogP contribution in [-0.2, 0) is 32.5 Å². The van der Waals surface area contributed by atoms with Crippen LogP contribution in [0, 0.1) is 0 Å². The molecular weight excluding hydrogens is 462 g/mol. The molecule has 1 fully saturated rings. The highest BCUT2D eigenvalue weighted by Gasteiger charge is 2.40. The van der Waals surface area contributed by atoms with E-state index in [4.69, 9.17) is 11.6 Å². The summed E-state index contributed by atoms with van der Waals surface area (Å²) in [5, 5.41) is 6.08. The molecule has 2 aromatic carbocycles. The fraction of sp³-hybridized carbons (Fsp3) is 0.333. The van der Waals surface area contributed by atoms with Crippen LogP contribution >= 0.6 is 11.6 Å². The maximum Gasteiger partial charge on any atom is 0.243 e. The Hall–Kier alpha value is -2.68. The van der Waals surface area contributed by atoms with Gasteiger partial charge in [0.2, 0.25) is 21.8 Å². The van der Waals surface area contributed by atoms with Gasteiger partial charge in [-0.1, -0.05) is 42.5 Å². The van der Waals surface area contributed by atoms with Gasteiger partial charge in [0, 0.05) is 24.2 Å². The van der Waals surface area contributed by atoms with Crippen LogP contribution in [0.15, 0.2) is 53.9 Å². The van der Waals surface area contributed by atoms with Crippen LogP contribution in [0.1, 0.15) is 29.5 Å². The van der Waals surface area contributed by atoms with Crippen LogP contribution in [0.2, 0.25) is 5.02 Å². The maximum absolute atomic E-state index is 13.2. The molecule has 2 amide bonds. The Morgan fingerprint density at radius 2 is 1.97 bits per heavy atom. The summed E-state index contributed by atoms with van der Waals surface area (Å²) in [5.74, 6) is -0.815. The van der Waals surface area contributed by atoms with Crippen molar-refractivity contribution < 1.29 is 18.0 Å². The van der Waals surface area contributed by atoms with Gasteiger partial charge in [0.1, 0.15) is 6.04 Å². The number of halogens is 1. The van der Waals surface area contributed by atoms with Gasteiger partial charge < -0.3 is 10.6 Å². The van der Waals surface area contributed by atoms with Gasteiger partial charge in [-0.25, -0.2) is 8.42 Å². The average Bonchev–Trinajstić information content (AvgIpc) is 2.80. The van der Waals surface area contributed by atoms with E-state index >= 15 is 0 Å². The van der Waals surface area contributed by atoms with Crippen LogP contribution in [0.3, 0.4) is 0 Å². The summed E-state index contributed by atoms with van der Waals surface area (Å²) in [5.41, 5.74) is 3.51. The number of nitrogens with zero attached hydrogens (tertiary/aromatic N) is 1. The van der Waals surface area contributed by atoms with E-state index in [9.17, 15) is 18.0 Å². The molecule has 0 radical (unpaired) electrons. The molecule has 0 spiro atoms. The Bertz CT molecular complexity index is 1180. The number of piperazine rings is 1. The summed E-state index contributed by atoms with van der Waals surface area (Å²) >= 11 is 5.88. The number of sulfonamides is 1. The van der Waals surface area contributed by atoms with Gasteiger partial charge in [-0.2, -0.15) is 4.31 Å². The third-order valence-electron chi connectivity index (χ3n) is 6.14. The Morgan fingerprint density at radius 3 is 2.70 bits per heavy atom. The van der Waals surface area contributed by atoms with E-state index in [1.807, 2.05) is 12.1 Å². The second kappa shape index (κ2) is 9.67. The molecule has 4 rings (SSSR count). The molecule has 2 atom stereocenters. The number of aryl methyl sites for hydroxylation is 1. The second-order valence-corrected chi connectivity index (χ2v) is 10.6. The fourth-order valence-electron chi connectivity index (χ4n) is 4.41. The van der Waals surface area contributed by atoms with Crippen LogP contribution in [0.25, 0.3) is 6.08 Å². The summed E-state index contributed by atoms with van der Waals surface area (Å²) in [6.07, 6.45) is 3.89. The van der Waals surface area contributed by atoms with Crippen molar-refractivity contribution in [1.82, 2.24) is 14.9 Å². The number of carbonyl (C=O) groups is 2. The van der Waals surface area contributed by atoms with E-state index in [2.05, 4.69) is 29.3 Å². The maximum atomic E-state index is 13.2. The van der Waals surface area contributed by atoms with Gasteiger partial charge in [-0.15, -0.1) is 0 Å². The molecule has 2 aromatic rings. The van der Waals surface area contributed by atoms with Gasteiger partial charge in [-0.05, 0) is 60.2 Å². The lowest BCUT2D eigenvalue weighted by atomic mass is 9.87. The minimum absolute atomic E-state index is 0.0368. The van der Waals surface area contributed by atoms with E-state index in [1.165, 1.54) is 35.4 Å². The molecule has 0 bridgehead atoms. The Balaban J connectivity index is 1.45. The number of hydrogen-bond acceptors (Lipinski definition) is 4. The minimum atomic E-state index is -3.96. The van der Waals surface area contributed by atoms with Crippen LogP contribution < -0.4 is 10.6 Å². The van der Waals surface area contributed by atoms with Crippen LogP contribution in [0.4, 0.5) is 0 Å². The molecule has 0 saturated carbocycles. The smallest absolute Gasteiger partial charge is 0.243 e. The SMILES string of the molecule is C=Cc1ccc2c(c1)CCC(NC(=O)CC1C(=O)NCCN1S(=O)(=O)c1ccc(Cl)cc1)C2. The molecular formula is C24H26ClN3O4S. The summed E-state index contributed by atoms with van der Waals surface area (Å²) in [4.78, 5) is 25.4. The summed E-state index contributed by atoms with van der Waals surface area (Å²) in [6, 6.07) is 10.8. The molecule has 174 valence electrons. The zero-order valence-electron chi connectivity index (χ0n) is 18.1. The quantitative estimate of drug-likeness (QED) is 0.654. The topological polar surface area (TPSA) is 95.6 Å². The van der Waals surface area contributed by atoms with Crippen LogP contribution in [-0.4, -0.2) is 49.7 Å². The fourth-order valence-corrected chi connectivity index (χ4v) is 6.12. The molecule has 33 heavy (non-hydrogen) atoms. The molecule has 2 unspecified atom stereocenters. The zero-order chi connectivity index (χ0) is 23.6. The minimum Gasteiger partial charge on any atom is -0.353 e. The van der Waals surface area contributed by atoms with E-state index < -0.39 is 22.0 Å². The highest BCUT2D eigenvalue weighted by molar-refractivity contribution is 7.89. The van der Waals surface area contributed by atoms with E-state index in [-0.39, 0.29) is 36.4 Å². The van der Waals surface area contributed by atoms with E-state index in [0.717, 1.165) is 22.7 Å². The Kier molecular flexibility index (Phi) is 6.88. The first-order valence-electron chi connectivity index (χ1n) is 10.9. The summed E-state index contributed by atoms with van der Waals surface area (Å²) < 4.78 is 27.5. The molecule has 1 heterocycles. The van der Waals surface area contributed by atoms with E-state index in [0.29, 0.717) is 11.4 Å². The predicted molar refractivity (Wildman–Crippen MR) is 127 cm³/mol. The van der Waals surface area contributed by atoms with Crippen molar-refractivity contribution >= 4 is 39.5 Å². The normalized spacial score (nSPS) is 21.1. The third-order valence-corrected chi connectivity index (χ3v) is 8.31. The molecule has 1 aliphatic carbocycles. The highest BCUT2D eigenvalue weighted by atomic mass is 35.5. The van der Waals surface area contributed by atoms with Gasteiger partial charge in [0.05, 0.1) is 11.3 Å². The number of rotatable bonds is 6. The van der Waals surface area contributed by atoms with E-state index in [1.54, 1.807) is 0 Å². The number of nitrogens with one attached hydrogen (secondary N) is 2. The number of amides is 2. The standard InChI is InChI=1S/C24H26ClN3O4S/c1-2-16-3-4-18-14-20(8-5-17(18)13-16)27-23(29)15-22-24(30)26-11-12-28(22)33(31,32)21-9-6-19(25)7-10-21/h2-4,6-7,9-10,13,20,22H,1,5,8,11-12,14-15H2,(H,26,30)(H,27,29). The number of fused-ring (bicyclic) bond motifs is 1. The molecule has 2 aliphatic rings. The first-order valence-corrected chi connectivity index (χ1v) is 12.7. The van der Waals surface area contributed by atoms with Crippen LogP contribution in [0.5, 0.6) is 0 Å². The third kappa shape index (κ3) is 5.13. The summed E-state index contributed by atoms with van der Waals surface area (Å²) in [7, 11) is -3.96. The van der Waals surface area contributed by atoms with Crippen molar-refractivity contribution in [3.05, 3.63) is 70.8 Å². The number of benzene rings is 2. The molecule has 1 aliphatic heterocycles. The lowest BCUT2D eigenvalue weighted by Gasteiger charge is -2.34. The lowest BCUT2D eigenvalue weighted by Crippen LogP contribution is -2.58. The molecule has 9 heteroatoms. The average molecular weight is 488 g/mol.